The van der Waals surface area contributed by atoms with E-state index in [0.717, 1.165) is 22.3 Å². The van der Waals surface area contributed by atoms with Crippen LogP contribution in [0.1, 0.15) is 36.8 Å². The molecule has 2 aromatic rings. The molecule has 1 unspecified atom stereocenters. The van der Waals surface area contributed by atoms with E-state index in [9.17, 15) is 27.6 Å². The minimum absolute atomic E-state index is 0.0393. The first-order valence-electron chi connectivity index (χ1n) is 10.3. The van der Waals surface area contributed by atoms with Crippen LogP contribution in [-0.2, 0) is 14.3 Å². The molecule has 0 fully saturated rings. The summed E-state index contributed by atoms with van der Waals surface area (Å²) in [7, 11) is 0. The van der Waals surface area contributed by atoms with E-state index in [0.29, 0.717) is 0 Å². The molecule has 0 aromatic heterocycles. The van der Waals surface area contributed by atoms with Gasteiger partial charge in [-0.1, -0.05) is 55.5 Å². The largest absolute Gasteiger partial charge is 0.479 e. The number of alkyl halides is 3. The van der Waals surface area contributed by atoms with Crippen molar-refractivity contribution in [2.75, 3.05) is 6.61 Å². The molecule has 0 saturated carbocycles. The number of hydrogen-bond donors (Lipinski definition) is 3. The van der Waals surface area contributed by atoms with E-state index in [-0.39, 0.29) is 18.9 Å². The lowest BCUT2D eigenvalue weighted by molar-refractivity contribution is -0.182. The number of rotatable bonds is 8. The van der Waals surface area contributed by atoms with Gasteiger partial charge in [-0.05, 0) is 28.7 Å². The van der Waals surface area contributed by atoms with E-state index in [1.54, 1.807) is 6.92 Å². The van der Waals surface area contributed by atoms with Crippen LogP contribution in [0.4, 0.5) is 18.0 Å². The highest BCUT2D eigenvalue weighted by molar-refractivity contribution is 5.85. The van der Waals surface area contributed by atoms with Crippen LogP contribution in [0, 0.1) is 0 Å². The van der Waals surface area contributed by atoms with E-state index < -0.39 is 42.7 Å². The van der Waals surface area contributed by atoms with Crippen molar-refractivity contribution < 1.29 is 37.4 Å². The fourth-order valence-corrected chi connectivity index (χ4v) is 3.83. The fourth-order valence-electron chi connectivity index (χ4n) is 3.83. The molecule has 0 aliphatic heterocycles. The third kappa shape index (κ3) is 5.63. The molecule has 0 spiro atoms. The zero-order valence-electron chi connectivity index (χ0n) is 17.7. The van der Waals surface area contributed by atoms with Gasteiger partial charge in [0.25, 0.3) is 0 Å². The van der Waals surface area contributed by atoms with Gasteiger partial charge in [0, 0.05) is 18.4 Å². The van der Waals surface area contributed by atoms with Gasteiger partial charge in [0.15, 0.2) is 0 Å². The summed E-state index contributed by atoms with van der Waals surface area (Å²) in [5.74, 6) is -3.53. The maximum absolute atomic E-state index is 12.7. The number of amides is 2. The van der Waals surface area contributed by atoms with Gasteiger partial charge >= 0.3 is 18.2 Å². The molecule has 0 saturated heterocycles. The smallest absolute Gasteiger partial charge is 0.419 e. The first-order valence-corrected chi connectivity index (χ1v) is 10.3. The van der Waals surface area contributed by atoms with Crippen LogP contribution in [0.5, 0.6) is 0 Å². The predicted molar refractivity (Wildman–Crippen MR) is 113 cm³/mol. The molecule has 1 aliphatic rings. The SMILES string of the molecule is CC[C@@H](CC(=O)NC(C(=O)O)C(F)(F)F)NC(=O)OCC1c2ccccc2-c2ccccc21. The highest BCUT2D eigenvalue weighted by Crippen LogP contribution is 2.44. The van der Waals surface area contributed by atoms with Crippen molar-refractivity contribution in [3.63, 3.8) is 0 Å². The Balaban J connectivity index is 1.58. The molecule has 1 aliphatic carbocycles. The number of halogens is 3. The maximum Gasteiger partial charge on any atom is 0.419 e. The molecule has 0 heterocycles. The minimum Gasteiger partial charge on any atom is -0.479 e. The summed E-state index contributed by atoms with van der Waals surface area (Å²) in [6, 6.07) is 11.7. The summed E-state index contributed by atoms with van der Waals surface area (Å²) >= 11 is 0. The number of alkyl carbamates (subject to hydrolysis) is 1. The van der Waals surface area contributed by atoms with Crippen LogP contribution in [-0.4, -0.2) is 47.9 Å². The number of fused-ring (bicyclic) bond motifs is 3. The second kappa shape index (κ2) is 9.93. The average molecular weight is 464 g/mol. The zero-order chi connectivity index (χ0) is 24.2. The third-order valence-electron chi connectivity index (χ3n) is 5.47. The lowest BCUT2D eigenvalue weighted by Crippen LogP contribution is -2.52. The molecule has 33 heavy (non-hydrogen) atoms. The number of ether oxygens (including phenoxy) is 1. The molecule has 7 nitrogen and oxygen atoms in total. The van der Waals surface area contributed by atoms with Gasteiger partial charge < -0.3 is 20.5 Å². The summed E-state index contributed by atoms with van der Waals surface area (Å²) in [4.78, 5) is 35.0. The molecule has 176 valence electrons. The van der Waals surface area contributed by atoms with Gasteiger partial charge in [-0.15, -0.1) is 0 Å². The van der Waals surface area contributed by atoms with E-state index >= 15 is 0 Å². The van der Waals surface area contributed by atoms with Crippen LogP contribution < -0.4 is 10.6 Å². The Labute approximate surface area is 187 Å². The van der Waals surface area contributed by atoms with E-state index in [1.807, 2.05) is 48.5 Å². The number of hydrogen-bond acceptors (Lipinski definition) is 4. The summed E-state index contributed by atoms with van der Waals surface area (Å²) in [6.45, 7) is 1.66. The number of nitrogens with one attached hydrogen (secondary N) is 2. The highest BCUT2D eigenvalue weighted by Gasteiger charge is 2.46. The Morgan fingerprint density at radius 2 is 1.55 bits per heavy atom. The molecule has 3 rings (SSSR count). The Bertz CT molecular complexity index is 995. The van der Waals surface area contributed by atoms with Gasteiger partial charge in [-0.25, -0.2) is 9.59 Å². The normalized spacial score (nSPS) is 14.5. The van der Waals surface area contributed by atoms with Crippen LogP contribution in [0.2, 0.25) is 0 Å². The standard InChI is InChI=1S/C23H23F3N2O5/c1-2-13(11-19(29)28-20(21(30)31)23(24,25)26)27-22(32)33-12-18-16-9-5-3-7-14(16)15-8-4-6-10-17(15)18/h3-10,13,18,20H,2,11-12H2,1H3,(H,27,32)(H,28,29)(H,30,31)/t13-,20?/m0/s1. The number of carboxylic acids is 1. The number of carbonyl (C=O) groups excluding carboxylic acids is 2. The second-order valence-electron chi connectivity index (χ2n) is 7.66. The minimum atomic E-state index is -5.14. The summed E-state index contributed by atoms with van der Waals surface area (Å²) in [6.07, 6.45) is -6.26. The Kier molecular flexibility index (Phi) is 7.25. The molecular formula is C23H23F3N2O5. The number of carboxylic acid groups (broad SMARTS) is 1. The van der Waals surface area contributed by atoms with Gasteiger partial charge in [0.05, 0.1) is 0 Å². The van der Waals surface area contributed by atoms with E-state index in [1.165, 1.54) is 5.32 Å². The summed E-state index contributed by atoms with van der Waals surface area (Å²) in [5.41, 5.74) is 4.15. The van der Waals surface area contributed by atoms with Crippen molar-refractivity contribution in [3.05, 3.63) is 59.7 Å². The lowest BCUT2D eigenvalue weighted by atomic mass is 9.98. The number of aliphatic carboxylic acids is 1. The Morgan fingerprint density at radius 3 is 2.03 bits per heavy atom. The van der Waals surface area contributed by atoms with Gasteiger partial charge in [0.1, 0.15) is 6.61 Å². The number of carbonyl (C=O) groups is 3. The average Bonchev–Trinajstić information content (AvgIpc) is 3.08. The fraction of sp³-hybridized carbons (Fsp3) is 0.348. The van der Waals surface area contributed by atoms with Gasteiger partial charge in [-0.2, -0.15) is 13.2 Å². The molecule has 2 aromatic carbocycles. The predicted octanol–water partition coefficient (Wildman–Crippen LogP) is 3.83. The quantitative estimate of drug-likeness (QED) is 0.551. The van der Waals surface area contributed by atoms with Gasteiger partial charge in [0.2, 0.25) is 11.9 Å². The second-order valence-corrected chi connectivity index (χ2v) is 7.66. The van der Waals surface area contributed by atoms with Crippen molar-refractivity contribution in [3.8, 4) is 11.1 Å². The molecule has 0 bridgehead atoms. The zero-order valence-corrected chi connectivity index (χ0v) is 17.7. The van der Waals surface area contributed by atoms with Crippen molar-refractivity contribution in [1.82, 2.24) is 10.6 Å². The molecule has 10 heteroatoms. The van der Waals surface area contributed by atoms with E-state index in [2.05, 4.69) is 5.32 Å². The molecular weight excluding hydrogens is 441 g/mol. The van der Waals surface area contributed by atoms with Crippen molar-refractivity contribution in [2.24, 2.45) is 0 Å². The highest BCUT2D eigenvalue weighted by atomic mass is 19.4. The molecule has 0 radical (unpaired) electrons. The van der Waals surface area contributed by atoms with Crippen molar-refractivity contribution >= 4 is 18.0 Å². The van der Waals surface area contributed by atoms with Crippen molar-refractivity contribution in [2.45, 2.75) is 43.9 Å². The Hall–Kier alpha value is -3.56. The topological polar surface area (TPSA) is 105 Å². The van der Waals surface area contributed by atoms with Crippen LogP contribution in [0.3, 0.4) is 0 Å². The van der Waals surface area contributed by atoms with Crippen LogP contribution in [0.25, 0.3) is 11.1 Å². The van der Waals surface area contributed by atoms with Crippen LogP contribution >= 0.6 is 0 Å². The van der Waals surface area contributed by atoms with Gasteiger partial charge in [-0.3, -0.25) is 4.79 Å². The molecule has 3 N–H and O–H groups in total. The lowest BCUT2D eigenvalue weighted by Gasteiger charge is -2.21. The number of benzene rings is 2. The Morgan fingerprint density at radius 1 is 1.00 bits per heavy atom. The third-order valence-corrected chi connectivity index (χ3v) is 5.47. The molecule has 2 amide bonds. The molecule has 2 atom stereocenters. The van der Waals surface area contributed by atoms with Crippen LogP contribution in [0.15, 0.2) is 48.5 Å². The maximum atomic E-state index is 12.7. The summed E-state index contributed by atoms with van der Waals surface area (Å²) in [5, 5.41) is 12.6. The van der Waals surface area contributed by atoms with E-state index in [4.69, 9.17) is 9.84 Å². The monoisotopic (exact) mass is 464 g/mol. The van der Waals surface area contributed by atoms with Crippen molar-refractivity contribution in [1.29, 1.82) is 0 Å². The summed E-state index contributed by atoms with van der Waals surface area (Å²) < 4.78 is 43.6. The first-order chi connectivity index (χ1) is 15.6. The first kappa shape index (κ1) is 24.1.